The van der Waals surface area contributed by atoms with Gasteiger partial charge in [0.05, 0.1) is 0 Å². The molecular weight excluding hydrogens is 224 g/mol. The Labute approximate surface area is 111 Å². The maximum Gasteiger partial charge on any atom is 0.220 e. The van der Waals surface area contributed by atoms with Gasteiger partial charge in [-0.1, -0.05) is 32.1 Å². The smallest absolute Gasteiger partial charge is 0.220 e. The van der Waals surface area contributed by atoms with E-state index in [0.29, 0.717) is 24.9 Å². The number of nitrogens with two attached hydrogens (primary N) is 1. The summed E-state index contributed by atoms with van der Waals surface area (Å²) in [6, 6.07) is 0.356. The van der Waals surface area contributed by atoms with E-state index in [9.17, 15) is 4.79 Å². The van der Waals surface area contributed by atoms with E-state index >= 15 is 0 Å². The van der Waals surface area contributed by atoms with Crippen LogP contribution < -0.4 is 11.1 Å². The Morgan fingerprint density at radius 2 is 1.89 bits per heavy atom. The topological polar surface area (TPSA) is 55.1 Å². The largest absolute Gasteiger partial charge is 0.353 e. The molecule has 0 aromatic rings. The molecule has 3 nitrogen and oxygen atoms in total. The molecule has 1 amide bonds. The fourth-order valence-corrected chi connectivity index (χ4v) is 3.64. The van der Waals surface area contributed by atoms with Gasteiger partial charge in [-0.2, -0.15) is 0 Å². The normalized spacial score (nSPS) is 28.7. The molecule has 3 heteroatoms. The number of rotatable bonds is 6. The number of carbonyl (C=O) groups excluding carboxylic acids is 1. The van der Waals surface area contributed by atoms with E-state index in [2.05, 4.69) is 5.32 Å². The molecule has 0 aromatic carbocycles. The standard InChI is InChI=1S/C15H28N2O/c16-11-13-8-4-9-14(13)17-15(18)10-3-7-12-5-1-2-6-12/h12-14H,1-11,16H2,(H,17,18). The molecule has 0 bridgehead atoms. The van der Waals surface area contributed by atoms with Gasteiger partial charge in [-0.15, -0.1) is 0 Å². The molecule has 3 N–H and O–H groups in total. The Morgan fingerprint density at radius 3 is 2.61 bits per heavy atom. The van der Waals surface area contributed by atoms with Crippen molar-refractivity contribution in [2.75, 3.05) is 6.54 Å². The second-order valence-corrected chi connectivity index (χ2v) is 6.14. The van der Waals surface area contributed by atoms with Crippen molar-refractivity contribution in [1.29, 1.82) is 0 Å². The molecule has 2 saturated carbocycles. The van der Waals surface area contributed by atoms with E-state index in [4.69, 9.17) is 5.73 Å². The summed E-state index contributed by atoms with van der Waals surface area (Å²) in [5.74, 6) is 1.67. The average molecular weight is 252 g/mol. The van der Waals surface area contributed by atoms with Gasteiger partial charge in [0.15, 0.2) is 0 Å². The maximum absolute atomic E-state index is 11.9. The second kappa shape index (κ2) is 7.13. The van der Waals surface area contributed by atoms with Crippen molar-refractivity contribution in [3.63, 3.8) is 0 Å². The third-order valence-corrected chi connectivity index (χ3v) is 4.80. The first-order chi connectivity index (χ1) is 8.79. The van der Waals surface area contributed by atoms with Crippen LogP contribution in [0.3, 0.4) is 0 Å². The molecule has 0 heterocycles. The van der Waals surface area contributed by atoms with Crippen LogP contribution in [-0.4, -0.2) is 18.5 Å². The lowest BCUT2D eigenvalue weighted by Crippen LogP contribution is -2.39. The molecule has 0 radical (unpaired) electrons. The number of hydrogen-bond acceptors (Lipinski definition) is 2. The minimum Gasteiger partial charge on any atom is -0.353 e. The highest BCUT2D eigenvalue weighted by Crippen LogP contribution is 2.29. The Kier molecular flexibility index (Phi) is 5.48. The van der Waals surface area contributed by atoms with Gasteiger partial charge in [-0.05, 0) is 44.1 Å². The number of carbonyl (C=O) groups is 1. The quantitative estimate of drug-likeness (QED) is 0.763. The second-order valence-electron chi connectivity index (χ2n) is 6.14. The highest BCUT2D eigenvalue weighted by Gasteiger charge is 2.27. The molecule has 2 aliphatic rings. The van der Waals surface area contributed by atoms with Crippen LogP contribution in [0.4, 0.5) is 0 Å². The molecule has 0 saturated heterocycles. The lowest BCUT2D eigenvalue weighted by molar-refractivity contribution is -0.122. The predicted molar refractivity (Wildman–Crippen MR) is 74.1 cm³/mol. The fourth-order valence-electron chi connectivity index (χ4n) is 3.64. The minimum atomic E-state index is 0.248. The van der Waals surface area contributed by atoms with E-state index < -0.39 is 0 Å². The van der Waals surface area contributed by atoms with E-state index in [0.717, 1.165) is 18.8 Å². The van der Waals surface area contributed by atoms with Crippen LogP contribution in [-0.2, 0) is 4.79 Å². The summed E-state index contributed by atoms with van der Waals surface area (Å²) in [6.45, 7) is 0.715. The summed E-state index contributed by atoms with van der Waals surface area (Å²) in [5, 5.41) is 3.19. The predicted octanol–water partition coefficient (Wildman–Crippen LogP) is 2.59. The minimum absolute atomic E-state index is 0.248. The molecule has 0 spiro atoms. The first kappa shape index (κ1) is 13.9. The molecule has 2 atom stereocenters. The van der Waals surface area contributed by atoms with Crippen molar-refractivity contribution in [3.05, 3.63) is 0 Å². The van der Waals surface area contributed by atoms with Crippen LogP contribution in [0.1, 0.15) is 64.2 Å². The Morgan fingerprint density at radius 1 is 1.11 bits per heavy atom. The molecule has 2 unspecified atom stereocenters. The Hall–Kier alpha value is -0.570. The molecule has 0 aliphatic heterocycles. The van der Waals surface area contributed by atoms with Crippen LogP contribution in [0.2, 0.25) is 0 Å². The van der Waals surface area contributed by atoms with Crippen molar-refractivity contribution >= 4 is 5.91 Å². The molecule has 2 fully saturated rings. The molecule has 0 aromatic heterocycles. The van der Waals surface area contributed by atoms with E-state index in [1.54, 1.807) is 0 Å². The highest BCUT2D eigenvalue weighted by atomic mass is 16.1. The van der Waals surface area contributed by atoms with Crippen LogP contribution in [0, 0.1) is 11.8 Å². The van der Waals surface area contributed by atoms with E-state index in [-0.39, 0.29) is 5.91 Å². The number of hydrogen-bond donors (Lipinski definition) is 2. The summed E-state index contributed by atoms with van der Waals surface area (Å²) in [5.41, 5.74) is 5.73. The molecule has 2 aliphatic carbocycles. The molecule has 2 rings (SSSR count). The van der Waals surface area contributed by atoms with Gasteiger partial charge in [-0.3, -0.25) is 4.79 Å². The van der Waals surface area contributed by atoms with E-state index in [1.165, 1.54) is 44.9 Å². The summed E-state index contributed by atoms with van der Waals surface area (Å²) in [7, 11) is 0. The van der Waals surface area contributed by atoms with Gasteiger partial charge < -0.3 is 11.1 Å². The lowest BCUT2D eigenvalue weighted by atomic mass is 10.00. The van der Waals surface area contributed by atoms with Gasteiger partial charge in [0, 0.05) is 12.5 Å². The SMILES string of the molecule is NCC1CCCC1NC(=O)CCCC1CCCC1. The van der Waals surface area contributed by atoms with Gasteiger partial charge in [0.2, 0.25) is 5.91 Å². The molecular formula is C15H28N2O. The number of nitrogens with one attached hydrogen (secondary N) is 1. The summed E-state index contributed by atoms with van der Waals surface area (Å²) >= 11 is 0. The fraction of sp³-hybridized carbons (Fsp3) is 0.933. The summed E-state index contributed by atoms with van der Waals surface area (Å²) in [4.78, 5) is 11.9. The molecule has 104 valence electrons. The van der Waals surface area contributed by atoms with Crippen LogP contribution in [0.15, 0.2) is 0 Å². The van der Waals surface area contributed by atoms with Gasteiger partial charge in [-0.25, -0.2) is 0 Å². The Bertz CT molecular complexity index is 261. The highest BCUT2D eigenvalue weighted by molar-refractivity contribution is 5.76. The monoisotopic (exact) mass is 252 g/mol. The first-order valence-corrected chi connectivity index (χ1v) is 7.79. The van der Waals surface area contributed by atoms with Crippen LogP contribution >= 0.6 is 0 Å². The third kappa shape index (κ3) is 3.98. The lowest BCUT2D eigenvalue weighted by Gasteiger charge is -2.19. The van der Waals surface area contributed by atoms with Crippen molar-refractivity contribution in [2.24, 2.45) is 17.6 Å². The molecule has 18 heavy (non-hydrogen) atoms. The van der Waals surface area contributed by atoms with Crippen molar-refractivity contribution in [1.82, 2.24) is 5.32 Å². The first-order valence-electron chi connectivity index (χ1n) is 7.79. The zero-order valence-electron chi connectivity index (χ0n) is 11.5. The van der Waals surface area contributed by atoms with Crippen LogP contribution in [0.5, 0.6) is 0 Å². The van der Waals surface area contributed by atoms with Crippen molar-refractivity contribution in [3.8, 4) is 0 Å². The summed E-state index contributed by atoms with van der Waals surface area (Å²) in [6.07, 6.45) is 12.1. The summed E-state index contributed by atoms with van der Waals surface area (Å²) < 4.78 is 0. The zero-order valence-corrected chi connectivity index (χ0v) is 11.5. The van der Waals surface area contributed by atoms with Gasteiger partial charge in [0.1, 0.15) is 0 Å². The third-order valence-electron chi connectivity index (χ3n) is 4.80. The van der Waals surface area contributed by atoms with E-state index in [1.807, 2.05) is 0 Å². The van der Waals surface area contributed by atoms with Gasteiger partial charge >= 0.3 is 0 Å². The Balaban J connectivity index is 1.59. The van der Waals surface area contributed by atoms with Crippen molar-refractivity contribution < 1.29 is 4.79 Å². The maximum atomic E-state index is 11.9. The average Bonchev–Trinajstić information content (AvgIpc) is 3.00. The van der Waals surface area contributed by atoms with Crippen molar-refractivity contribution in [2.45, 2.75) is 70.3 Å². The van der Waals surface area contributed by atoms with Crippen LogP contribution in [0.25, 0.3) is 0 Å². The number of amides is 1. The zero-order chi connectivity index (χ0) is 12.8. The van der Waals surface area contributed by atoms with Gasteiger partial charge in [0.25, 0.3) is 0 Å².